The first kappa shape index (κ1) is 12.5. The van der Waals surface area contributed by atoms with Gasteiger partial charge in [-0.3, -0.25) is 0 Å². The number of rotatable bonds is 3. The van der Waals surface area contributed by atoms with Gasteiger partial charge < -0.3 is 5.43 Å². The summed E-state index contributed by atoms with van der Waals surface area (Å²) in [5.74, 6) is 6.82. The molecule has 0 aliphatic carbocycles. The molecule has 94 valence electrons. The molecule has 1 heterocycles. The van der Waals surface area contributed by atoms with Gasteiger partial charge in [0, 0.05) is 17.3 Å². The van der Waals surface area contributed by atoms with Crippen molar-refractivity contribution in [3.63, 3.8) is 0 Å². The number of aromatic nitrogens is 2. The van der Waals surface area contributed by atoms with E-state index in [1.165, 1.54) is 5.56 Å². The lowest BCUT2D eigenvalue weighted by molar-refractivity contribution is 1.000. The zero-order chi connectivity index (χ0) is 13.1. The molecule has 0 spiro atoms. The lowest BCUT2D eigenvalue weighted by Gasteiger charge is -2.09. The Balaban J connectivity index is 2.58. The highest BCUT2D eigenvalue weighted by Crippen LogP contribution is 2.23. The summed E-state index contributed by atoms with van der Waals surface area (Å²) in [4.78, 5) is 8.99. The van der Waals surface area contributed by atoms with Crippen LogP contribution in [0.2, 0.25) is 0 Å². The van der Waals surface area contributed by atoms with Crippen LogP contribution < -0.4 is 11.3 Å². The molecule has 0 bridgehead atoms. The predicted octanol–water partition coefficient (Wildman–Crippen LogP) is 2.61. The molecule has 1 aromatic heterocycles. The number of hydrogen-bond acceptors (Lipinski definition) is 4. The van der Waals surface area contributed by atoms with Gasteiger partial charge in [-0.15, -0.1) is 0 Å². The average molecular weight is 242 g/mol. The van der Waals surface area contributed by atoms with Crippen molar-refractivity contribution in [1.82, 2.24) is 9.97 Å². The summed E-state index contributed by atoms with van der Waals surface area (Å²) < 4.78 is 0. The zero-order valence-electron chi connectivity index (χ0n) is 11.0. The Morgan fingerprint density at radius 3 is 2.61 bits per heavy atom. The van der Waals surface area contributed by atoms with Crippen molar-refractivity contribution >= 4 is 5.82 Å². The van der Waals surface area contributed by atoms with E-state index in [4.69, 9.17) is 5.84 Å². The highest BCUT2D eigenvalue weighted by atomic mass is 15.3. The summed E-state index contributed by atoms with van der Waals surface area (Å²) in [6, 6.07) is 8.14. The molecular formula is C14H18N4. The number of benzene rings is 1. The van der Waals surface area contributed by atoms with Crippen LogP contribution in [0.15, 0.2) is 24.3 Å². The van der Waals surface area contributed by atoms with E-state index in [2.05, 4.69) is 54.4 Å². The van der Waals surface area contributed by atoms with Crippen LogP contribution >= 0.6 is 0 Å². The molecule has 3 N–H and O–H groups in total. The first-order valence-electron chi connectivity index (χ1n) is 6.06. The van der Waals surface area contributed by atoms with Crippen molar-refractivity contribution in [3.05, 3.63) is 41.1 Å². The van der Waals surface area contributed by atoms with Crippen LogP contribution in [-0.2, 0) is 6.42 Å². The van der Waals surface area contributed by atoms with Gasteiger partial charge in [0.15, 0.2) is 5.82 Å². The second-order valence-electron chi connectivity index (χ2n) is 4.38. The van der Waals surface area contributed by atoms with Gasteiger partial charge in [0.25, 0.3) is 0 Å². The topological polar surface area (TPSA) is 63.8 Å². The van der Waals surface area contributed by atoms with Crippen molar-refractivity contribution in [2.75, 3.05) is 5.43 Å². The molecule has 4 nitrogen and oxygen atoms in total. The fraction of sp³-hybridized carbons (Fsp3) is 0.286. The van der Waals surface area contributed by atoms with Crippen LogP contribution in [0.3, 0.4) is 0 Å². The highest BCUT2D eigenvalue weighted by molar-refractivity contribution is 5.62. The molecule has 0 radical (unpaired) electrons. The number of hydrazine groups is 1. The van der Waals surface area contributed by atoms with E-state index in [1.807, 2.05) is 6.07 Å². The van der Waals surface area contributed by atoms with E-state index in [1.54, 1.807) is 0 Å². The minimum atomic E-state index is 0.651. The predicted molar refractivity (Wildman–Crippen MR) is 74.1 cm³/mol. The zero-order valence-corrected chi connectivity index (χ0v) is 11.0. The van der Waals surface area contributed by atoms with Gasteiger partial charge in [0.2, 0.25) is 0 Å². The summed E-state index contributed by atoms with van der Waals surface area (Å²) in [6.45, 7) is 6.19. The van der Waals surface area contributed by atoms with Crippen molar-refractivity contribution in [1.29, 1.82) is 0 Å². The third-order valence-corrected chi connectivity index (χ3v) is 2.92. The van der Waals surface area contributed by atoms with Crippen LogP contribution in [0, 0.1) is 13.8 Å². The van der Waals surface area contributed by atoms with E-state index in [9.17, 15) is 0 Å². The molecule has 0 atom stereocenters. The van der Waals surface area contributed by atoms with Gasteiger partial charge in [-0.05, 0) is 31.9 Å². The van der Waals surface area contributed by atoms with E-state index < -0.39 is 0 Å². The maximum atomic E-state index is 5.45. The number of nitrogens with one attached hydrogen (secondary N) is 1. The quantitative estimate of drug-likeness (QED) is 0.641. The molecule has 0 aliphatic rings. The first-order valence-corrected chi connectivity index (χ1v) is 6.06. The maximum Gasteiger partial charge on any atom is 0.162 e. The monoisotopic (exact) mass is 242 g/mol. The third-order valence-electron chi connectivity index (χ3n) is 2.92. The molecule has 0 fully saturated rings. The molecule has 2 rings (SSSR count). The van der Waals surface area contributed by atoms with Gasteiger partial charge in [-0.25, -0.2) is 15.8 Å². The summed E-state index contributed by atoms with van der Waals surface area (Å²) in [5.41, 5.74) is 6.99. The minimum Gasteiger partial charge on any atom is -0.308 e. The van der Waals surface area contributed by atoms with Crippen molar-refractivity contribution in [3.8, 4) is 11.4 Å². The molecular weight excluding hydrogens is 224 g/mol. The van der Waals surface area contributed by atoms with Gasteiger partial charge in [-0.2, -0.15) is 0 Å². The van der Waals surface area contributed by atoms with E-state index >= 15 is 0 Å². The Labute approximate surface area is 107 Å². The van der Waals surface area contributed by atoms with Crippen LogP contribution in [0.25, 0.3) is 11.4 Å². The van der Waals surface area contributed by atoms with Crippen LogP contribution in [-0.4, -0.2) is 9.97 Å². The lowest BCUT2D eigenvalue weighted by Crippen LogP contribution is -2.10. The summed E-state index contributed by atoms with van der Waals surface area (Å²) in [5, 5.41) is 0. The molecule has 0 saturated heterocycles. The summed E-state index contributed by atoms with van der Waals surface area (Å²) in [6.07, 6.45) is 0.856. The van der Waals surface area contributed by atoms with Gasteiger partial charge in [0.05, 0.1) is 0 Å². The molecule has 1 aromatic carbocycles. The maximum absolute atomic E-state index is 5.45. The Kier molecular flexibility index (Phi) is 3.58. The normalized spacial score (nSPS) is 10.4. The molecule has 4 heteroatoms. The fourth-order valence-electron chi connectivity index (χ4n) is 1.85. The van der Waals surface area contributed by atoms with Gasteiger partial charge >= 0.3 is 0 Å². The Morgan fingerprint density at radius 2 is 1.94 bits per heavy atom. The Morgan fingerprint density at radius 1 is 1.17 bits per heavy atom. The number of hydrogen-bond donors (Lipinski definition) is 2. The number of nitrogens with zero attached hydrogens (tertiary/aromatic N) is 2. The van der Waals surface area contributed by atoms with E-state index in [0.717, 1.165) is 29.1 Å². The first-order chi connectivity index (χ1) is 8.63. The molecule has 0 unspecified atom stereocenters. The average Bonchev–Trinajstić information content (AvgIpc) is 2.40. The number of aryl methyl sites for hydroxylation is 3. The van der Waals surface area contributed by atoms with E-state index in [0.29, 0.717) is 5.82 Å². The largest absolute Gasteiger partial charge is 0.308 e. The highest BCUT2D eigenvalue weighted by Gasteiger charge is 2.08. The molecule has 18 heavy (non-hydrogen) atoms. The van der Waals surface area contributed by atoms with E-state index in [-0.39, 0.29) is 0 Å². The van der Waals surface area contributed by atoms with Crippen LogP contribution in [0.4, 0.5) is 5.82 Å². The minimum absolute atomic E-state index is 0.651. The van der Waals surface area contributed by atoms with Crippen LogP contribution in [0.5, 0.6) is 0 Å². The van der Waals surface area contributed by atoms with Crippen LogP contribution in [0.1, 0.15) is 23.7 Å². The molecule has 0 amide bonds. The number of nitrogens with two attached hydrogens (primary N) is 1. The number of anilines is 1. The fourth-order valence-corrected chi connectivity index (χ4v) is 1.85. The van der Waals surface area contributed by atoms with Gasteiger partial charge in [0.1, 0.15) is 5.82 Å². The molecule has 0 saturated carbocycles. The standard InChI is InChI=1S/C14H18N4/c1-4-11-8-13(18-15)17-14(16-11)12-7-9(2)5-6-10(12)3/h5-8H,4,15H2,1-3H3,(H,16,17,18). The second kappa shape index (κ2) is 5.14. The van der Waals surface area contributed by atoms with Crippen molar-refractivity contribution in [2.24, 2.45) is 5.84 Å². The molecule has 0 aliphatic heterocycles. The third kappa shape index (κ3) is 2.49. The SMILES string of the molecule is CCc1cc(NN)nc(-c2cc(C)ccc2C)n1. The second-order valence-corrected chi connectivity index (χ2v) is 4.38. The lowest BCUT2D eigenvalue weighted by atomic mass is 10.0. The number of nitrogen functional groups attached to an aromatic ring is 1. The Hall–Kier alpha value is -1.94. The van der Waals surface area contributed by atoms with Crippen molar-refractivity contribution < 1.29 is 0 Å². The Bertz CT molecular complexity index is 541. The molecule has 2 aromatic rings. The van der Waals surface area contributed by atoms with Crippen molar-refractivity contribution in [2.45, 2.75) is 27.2 Å². The smallest absolute Gasteiger partial charge is 0.162 e. The van der Waals surface area contributed by atoms with Gasteiger partial charge in [-0.1, -0.05) is 24.6 Å². The summed E-state index contributed by atoms with van der Waals surface area (Å²) >= 11 is 0. The summed E-state index contributed by atoms with van der Waals surface area (Å²) in [7, 11) is 0.